The van der Waals surface area contributed by atoms with Gasteiger partial charge in [0.1, 0.15) is 12.1 Å². The second kappa shape index (κ2) is 13.6. The molecule has 0 fully saturated rings. The van der Waals surface area contributed by atoms with Crippen molar-refractivity contribution in [2.75, 3.05) is 13.1 Å². The van der Waals surface area contributed by atoms with Crippen LogP contribution in [0.2, 0.25) is 0 Å². The van der Waals surface area contributed by atoms with Crippen LogP contribution in [-0.2, 0) is 6.54 Å². The summed E-state index contributed by atoms with van der Waals surface area (Å²) in [4.78, 5) is 17.8. The highest BCUT2D eigenvalue weighted by molar-refractivity contribution is 7.97. The van der Waals surface area contributed by atoms with Gasteiger partial charge >= 0.3 is 12.4 Å². The highest BCUT2D eigenvalue weighted by Crippen LogP contribution is 2.28. The molecule has 4 aromatic rings. The van der Waals surface area contributed by atoms with Crippen LogP contribution in [-0.4, -0.2) is 40.2 Å². The summed E-state index contributed by atoms with van der Waals surface area (Å²) < 4.78 is 45.8. The Balaban J connectivity index is 1.24. The van der Waals surface area contributed by atoms with Crippen molar-refractivity contribution in [3.05, 3.63) is 89.7 Å². The van der Waals surface area contributed by atoms with Crippen molar-refractivity contribution in [1.82, 2.24) is 30.1 Å². The van der Waals surface area contributed by atoms with Crippen molar-refractivity contribution in [2.24, 2.45) is 0 Å². The lowest BCUT2D eigenvalue weighted by atomic mass is 10.0. The molecule has 3 aromatic carbocycles. The Kier molecular flexibility index (Phi) is 9.90. The number of nitrogens with zero attached hydrogens (tertiary/aromatic N) is 3. The molecular weight excluding hydrogens is 553 g/mol. The lowest BCUT2D eigenvalue weighted by molar-refractivity contribution is -0.274. The lowest BCUT2D eigenvalue weighted by Gasteiger charge is -2.14. The highest BCUT2D eigenvalue weighted by Gasteiger charge is 2.31. The molecule has 41 heavy (non-hydrogen) atoms. The maximum Gasteiger partial charge on any atom is 0.573 e. The van der Waals surface area contributed by atoms with Gasteiger partial charge in [-0.1, -0.05) is 44.2 Å². The third-order valence-electron chi connectivity index (χ3n) is 5.95. The second-order valence-corrected chi connectivity index (χ2v) is 10.5. The molecule has 1 aromatic heterocycles. The van der Waals surface area contributed by atoms with Crippen LogP contribution in [0.1, 0.15) is 36.5 Å². The molecule has 0 bridgehead atoms. The third kappa shape index (κ3) is 8.98. The summed E-state index contributed by atoms with van der Waals surface area (Å²) in [5.74, 6) is 0.546. The van der Waals surface area contributed by atoms with E-state index in [-0.39, 0.29) is 11.8 Å². The lowest BCUT2D eigenvalue weighted by Crippen LogP contribution is -2.38. The smallest absolute Gasteiger partial charge is 0.406 e. The van der Waals surface area contributed by atoms with E-state index in [9.17, 15) is 18.0 Å². The van der Waals surface area contributed by atoms with E-state index in [0.717, 1.165) is 11.1 Å². The fourth-order valence-electron chi connectivity index (χ4n) is 3.95. The fraction of sp³-hybridized carbons (Fsp3) is 0.276. The van der Waals surface area contributed by atoms with Gasteiger partial charge in [0.25, 0.3) is 0 Å². The van der Waals surface area contributed by atoms with Gasteiger partial charge in [0.15, 0.2) is 5.82 Å². The molecule has 8 nitrogen and oxygen atoms in total. The molecule has 0 aliphatic heterocycles. The minimum absolute atomic E-state index is 0.277. The second-order valence-electron chi connectivity index (χ2n) is 9.56. The molecule has 0 unspecified atom stereocenters. The molecule has 3 N–H and O–H groups in total. The minimum atomic E-state index is -4.75. The zero-order chi connectivity index (χ0) is 29.4. The number of carbonyl (C=O) groups excluding carboxylic acids is 1. The number of urea groups is 1. The van der Waals surface area contributed by atoms with Gasteiger partial charge in [0, 0.05) is 30.1 Å². The van der Waals surface area contributed by atoms with Gasteiger partial charge in [-0.2, -0.15) is 0 Å². The number of aromatic nitrogens is 3. The average molecular weight is 585 g/mol. The molecule has 12 heteroatoms. The van der Waals surface area contributed by atoms with E-state index >= 15 is 0 Å². The molecule has 0 atom stereocenters. The van der Waals surface area contributed by atoms with Crippen LogP contribution in [0, 0.1) is 6.92 Å². The normalized spacial score (nSPS) is 11.5. The Morgan fingerprint density at radius 2 is 1.80 bits per heavy atom. The Morgan fingerprint density at radius 3 is 2.54 bits per heavy atom. The third-order valence-corrected chi connectivity index (χ3v) is 6.87. The summed E-state index contributed by atoms with van der Waals surface area (Å²) in [6, 6.07) is 18.9. The number of aryl methyl sites for hydroxylation is 1. The molecule has 0 radical (unpaired) electrons. The van der Waals surface area contributed by atoms with Crippen LogP contribution in [0.5, 0.6) is 5.75 Å². The number of halogens is 3. The first-order valence-corrected chi connectivity index (χ1v) is 13.8. The van der Waals surface area contributed by atoms with Crippen LogP contribution in [0.4, 0.5) is 18.0 Å². The Hall–Kier alpha value is -4.03. The molecule has 0 spiro atoms. The zero-order valence-corrected chi connectivity index (χ0v) is 23.6. The number of carbonyl (C=O) groups is 1. The summed E-state index contributed by atoms with van der Waals surface area (Å²) in [5, 5.41) is 10.1. The van der Waals surface area contributed by atoms with Crippen molar-refractivity contribution in [2.45, 2.75) is 44.5 Å². The van der Waals surface area contributed by atoms with Gasteiger partial charge in [0.05, 0.1) is 5.69 Å². The molecule has 0 aliphatic rings. The number of amides is 2. The summed E-state index contributed by atoms with van der Waals surface area (Å²) in [6.07, 6.45) is -3.28. The predicted molar refractivity (Wildman–Crippen MR) is 153 cm³/mol. The number of hydrogen-bond donors (Lipinski definition) is 3. The highest BCUT2D eigenvalue weighted by atomic mass is 32.2. The van der Waals surface area contributed by atoms with E-state index in [4.69, 9.17) is 0 Å². The first-order chi connectivity index (χ1) is 19.6. The van der Waals surface area contributed by atoms with Crippen LogP contribution in [0.25, 0.3) is 17.1 Å². The summed E-state index contributed by atoms with van der Waals surface area (Å²) >= 11 is 1.57. The fourth-order valence-corrected chi connectivity index (χ4v) is 4.97. The first kappa shape index (κ1) is 29.9. The van der Waals surface area contributed by atoms with E-state index in [1.165, 1.54) is 51.3 Å². The Labute approximate surface area is 240 Å². The molecule has 1 heterocycles. The Bertz CT molecular complexity index is 1460. The number of hydrogen-bond acceptors (Lipinski definition) is 6. The molecule has 0 saturated heterocycles. The van der Waals surface area contributed by atoms with Gasteiger partial charge in [0.2, 0.25) is 0 Å². The zero-order valence-electron chi connectivity index (χ0n) is 22.8. The average Bonchev–Trinajstić information content (AvgIpc) is 3.42. The maximum absolute atomic E-state index is 12.4. The van der Waals surface area contributed by atoms with Crippen molar-refractivity contribution in [1.29, 1.82) is 0 Å². The van der Waals surface area contributed by atoms with Gasteiger partial charge in [-0.05, 0) is 77.9 Å². The summed E-state index contributed by atoms with van der Waals surface area (Å²) in [6.45, 7) is 7.79. The number of rotatable bonds is 11. The van der Waals surface area contributed by atoms with Crippen molar-refractivity contribution in [3.8, 4) is 22.8 Å². The largest absolute Gasteiger partial charge is 0.573 e. The van der Waals surface area contributed by atoms with Crippen molar-refractivity contribution >= 4 is 18.0 Å². The van der Waals surface area contributed by atoms with E-state index in [1.54, 1.807) is 11.9 Å². The molecule has 4 rings (SSSR count). The molecular formula is C29H31F3N6O2S. The van der Waals surface area contributed by atoms with Gasteiger partial charge in [-0.15, -0.1) is 18.3 Å². The minimum Gasteiger partial charge on any atom is -0.406 e. The Morgan fingerprint density at radius 1 is 1.02 bits per heavy atom. The number of alkyl halides is 3. The van der Waals surface area contributed by atoms with Crippen LogP contribution in [0.15, 0.2) is 78.0 Å². The van der Waals surface area contributed by atoms with E-state index in [0.29, 0.717) is 37.1 Å². The number of ether oxygens (including phenoxy) is 1. The van der Waals surface area contributed by atoms with Crippen molar-refractivity contribution < 1.29 is 22.7 Å². The van der Waals surface area contributed by atoms with Crippen molar-refractivity contribution in [3.63, 3.8) is 0 Å². The first-order valence-electron chi connectivity index (χ1n) is 13.0. The van der Waals surface area contributed by atoms with Gasteiger partial charge < -0.3 is 15.4 Å². The summed E-state index contributed by atoms with van der Waals surface area (Å²) in [7, 11) is 0. The molecule has 0 aliphatic carbocycles. The standard InChI is InChI=1S/C29H31F3N6O2S/c1-19(2)25-12-7-20(3)15-26(25)41-36-14-13-33-28(39)34-17-21-5-4-6-22(16-21)27-35-18-38(37-27)23-8-10-24(11-9-23)40-29(30,31)32/h4-12,15-16,18-19,36H,13-14,17H2,1-3H3,(H2,33,34,39). The van der Waals surface area contributed by atoms with Crippen LogP contribution < -0.4 is 20.1 Å². The van der Waals surface area contributed by atoms with Gasteiger partial charge in [-0.25, -0.2) is 14.5 Å². The van der Waals surface area contributed by atoms with E-state index < -0.39 is 6.36 Å². The molecule has 0 saturated carbocycles. The van der Waals surface area contributed by atoms with Crippen LogP contribution in [0.3, 0.4) is 0 Å². The maximum atomic E-state index is 12.4. The van der Waals surface area contributed by atoms with E-state index in [1.807, 2.05) is 24.3 Å². The number of benzene rings is 3. The molecule has 2 amide bonds. The summed E-state index contributed by atoms with van der Waals surface area (Å²) in [5.41, 5.74) is 4.62. The quantitative estimate of drug-likeness (QED) is 0.140. The monoisotopic (exact) mass is 584 g/mol. The predicted octanol–water partition coefficient (Wildman–Crippen LogP) is 6.36. The SMILES string of the molecule is Cc1ccc(C(C)C)c(SNCCNC(=O)NCc2cccc(-c3ncn(-c4ccc(OC(F)(F)F)cc4)n3)c2)c1. The van der Waals surface area contributed by atoms with Crippen LogP contribution >= 0.6 is 11.9 Å². The van der Waals surface area contributed by atoms with Gasteiger partial charge in [-0.3, -0.25) is 4.72 Å². The van der Waals surface area contributed by atoms with E-state index in [2.05, 4.69) is 69.1 Å². The topological polar surface area (TPSA) is 93.1 Å². The number of nitrogens with one attached hydrogen (secondary N) is 3. The molecule has 216 valence electrons.